The molecule has 6 nitrogen and oxygen atoms in total. The highest BCUT2D eigenvalue weighted by atomic mass is 79.9. The molecular formula is C10H11BrN2O4. The number of halogens is 1. The molecule has 0 aromatic carbocycles. The minimum Gasteiger partial charge on any atom is -0.480 e. The molecule has 1 heterocycles. The fourth-order valence-electron chi connectivity index (χ4n) is 1.13. The maximum Gasteiger partial charge on any atom is 0.328 e. The summed E-state index contributed by atoms with van der Waals surface area (Å²) in [6.07, 6.45) is 1.52. The Labute approximate surface area is 106 Å². The van der Waals surface area contributed by atoms with Gasteiger partial charge in [0.05, 0.1) is 12.2 Å². The molecule has 7 heteroatoms. The Morgan fingerprint density at radius 2 is 2.35 bits per heavy atom. The highest BCUT2D eigenvalue weighted by molar-refractivity contribution is 9.10. The van der Waals surface area contributed by atoms with E-state index in [-0.39, 0.29) is 12.2 Å². The van der Waals surface area contributed by atoms with Crippen molar-refractivity contribution in [3.8, 4) is 0 Å². The molecule has 1 aromatic heterocycles. The molecular weight excluding hydrogens is 292 g/mol. The number of methoxy groups -OCH3 is 1. The van der Waals surface area contributed by atoms with Crippen molar-refractivity contribution in [2.24, 2.45) is 0 Å². The molecule has 0 aliphatic rings. The number of carbonyl (C=O) groups is 2. The van der Waals surface area contributed by atoms with Crippen LogP contribution in [0.1, 0.15) is 10.4 Å². The SMILES string of the molecule is COCC(NC(=O)c1cccnc1Br)C(=O)O. The summed E-state index contributed by atoms with van der Waals surface area (Å²) in [7, 11) is 1.36. The van der Waals surface area contributed by atoms with Crippen LogP contribution in [0.15, 0.2) is 22.9 Å². The average molecular weight is 303 g/mol. The van der Waals surface area contributed by atoms with Gasteiger partial charge < -0.3 is 15.2 Å². The van der Waals surface area contributed by atoms with Crippen molar-refractivity contribution in [1.29, 1.82) is 0 Å². The van der Waals surface area contributed by atoms with Crippen LogP contribution in [0.4, 0.5) is 0 Å². The van der Waals surface area contributed by atoms with E-state index in [0.29, 0.717) is 4.60 Å². The van der Waals surface area contributed by atoms with E-state index < -0.39 is 17.9 Å². The highest BCUT2D eigenvalue weighted by Gasteiger charge is 2.21. The maximum absolute atomic E-state index is 11.8. The second-order valence-electron chi connectivity index (χ2n) is 3.16. The summed E-state index contributed by atoms with van der Waals surface area (Å²) in [5.41, 5.74) is 0.273. The first-order valence-electron chi connectivity index (χ1n) is 4.69. The van der Waals surface area contributed by atoms with Crippen LogP contribution in [0.25, 0.3) is 0 Å². The van der Waals surface area contributed by atoms with Crippen molar-refractivity contribution in [3.05, 3.63) is 28.5 Å². The lowest BCUT2D eigenvalue weighted by Gasteiger charge is -2.13. The molecule has 1 amide bonds. The number of carbonyl (C=O) groups excluding carboxylic acids is 1. The third-order valence-corrected chi connectivity index (χ3v) is 2.57. The molecule has 0 spiro atoms. The third kappa shape index (κ3) is 3.79. The van der Waals surface area contributed by atoms with Crippen molar-refractivity contribution in [2.45, 2.75) is 6.04 Å². The van der Waals surface area contributed by atoms with E-state index in [1.54, 1.807) is 6.07 Å². The first-order valence-corrected chi connectivity index (χ1v) is 5.48. The summed E-state index contributed by atoms with van der Waals surface area (Å²) in [5, 5.41) is 11.2. The van der Waals surface area contributed by atoms with E-state index in [1.807, 2.05) is 0 Å². The average Bonchev–Trinajstić information content (AvgIpc) is 2.28. The standard InChI is InChI=1S/C10H11BrN2O4/c1-17-5-7(10(15)16)13-9(14)6-3-2-4-12-8(6)11/h2-4,7H,5H2,1H3,(H,13,14)(H,15,16). The normalized spacial score (nSPS) is 11.9. The minimum atomic E-state index is -1.15. The van der Waals surface area contributed by atoms with Gasteiger partial charge in [-0.05, 0) is 28.1 Å². The van der Waals surface area contributed by atoms with Crippen molar-refractivity contribution >= 4 is 27.8 Å². The Morgan fingerprint density at radius 3 is 2.88 bits per heavy atom. The van der Waals surface area contributed by atoms with E-state index in [4.69, 9.17) is 9.84 Å². The van der Waals surface area contributed by atoms with E-state index in [9.17, 15) is 9.59 Å². The van der Waals surface area contributed by atoms with Gasteiger partial charge in [-0.25, -0.2) is 9.78 Å². The number of ether oxygens (including phenoxy) is 1. The zero-order valence-electron chi connectivity index (χ0n) is 9.01. The fraction of sp³-hybridized carbons (Fsp3) is 0.300. The van der Waals surface area contributed by atoms with Gasteiger partial charge in [0.15, 0.2) is 6.04 Å². The first kappa shape index (κ1) is 13.6. The van der Waals surface area contributed by atoms with Gasteiger partial charge in [0.1, 0.15) is 4.60 Å². The molecule has 1 atom stereocenters. The Bertz CT molecular complexity index is 425. The number of rotatable bonds is 5. The number of amides is 1. The summed E-state index contributed by atoms with van der Waals surface area (Å²) < 4.78 is 5.07. The van der Waals surface area contributed by atoms with Gasteiger partial charge in [-0.3, -0.25) is 4.79 Å². The van der Waals surface area contributed by atoms with Crippen LogP contribution in [0.3, 0.4) is 0 Å². The van der Waals surface area contributed by atoms with Crippen LogP contribution in [0.5, 0.6) is 0 Å². The topological polar surface area (TPSA) is 88.5 Å². The Balaban J connectivity index is 2.77. The van der Waals surface area contributed by atoms with E-state index in [1.165, 1.54) is 19.4 Å². The maximum atomic E-state index is 11.8. The Kier molecular flexibility index (Phi) is 5.05. The number of nitrogens with one attached hydrogen (secondary N) is 1. The number of pyridine rings is 1. The van der Waals surface area contributed by atoms with Crippen LogP contribution in [0, 0.1) is 0 Å². The molecule has 0 saturated heterocycles. The lowest BCUT2D eigenvalue weighted by Crippen LogP contribution is -2.43. The summed E-state index contributed by atoms with van der Waals surface area (Å²) in [6, 6.07) is 2.05. The van der Waals surface area contributed by atoms with E-state index >= 15 is 0 Å². The summed E-state index contributed by atoms with van der Waals surface area (Å²) in [4.78, 5) is 26.4. The van der Waals surface area contributed by atoms with Gasteiger partial charge in [0.2, 0.25) is 0 Å². The molecule has 0 aliphatic heterocycles. The number of carboxylic acid groups (broad SMARTS) is 1. The molecule has 0 bridgehead atoms. The van der Waals surface area contributed by atoms with Crippen LogP contribution < -0.4 is 5.32 Å². The van der Waals surface area contributed by atoms with Gasteiger partial charge in [-0.1, -0.05) is 0 Å². The largest absolute Gasteiger partial charge is 0.480 e. The van der Waals surface area contributed by atoms with Crippen LogP contribution in [-0.2, 0) is 9.53 Å². The molecule has 2 N–H and O–H groups in total. The quantitative estimate of drug-likeness (QED) is 0.781. The molecule has 1 aromatic rings. The van der Waals surface area contributed by atoms with Gasteiger partial charge >= 0.3 is 5.97 Å². The predicted octanol–water partition coefficient (Wildman–Crippen LogP) is 0.674. The number of carboxylic acids is 1. The fourth-order valence-corrected chi connectivity index (χ4v) is 1.56. The van der Waals surface area contributed by atoms with Gasteiger partial charge in [-0.2, -0.15) is 0 Å². The first-order chi connectivity index (χ1) is 8.06. The second-order valence-corrected chi connectivity index (χ2v) is 3.91. The van der Waals surface area contributed by atoms with Crippen LogP contribution >= 0.6 is 15.9 Å². The number of hydrogen-bond donors (Lipinski definition) is 2. The molecule has 0 aliphatic carbocycles. The summed E-state index contributed by atoms with van der Waals surface area (Å²) in [5.74, 6) is -1.67. The van der Waals surface area contributed by atoms with E-state index in [0.717, 1.165) is 0 Å². The lowest BCUT2D eigenvalue weighted by atomic mass is 10.2. The van der Waals surface area contributed by atoms with Crippen molar-refractivity contribution in [3.63, 3.8) is 0 Å². The van der Waals surface area contributed by atoms with Crippen molar-refractivity contribution < 1.29 is 19.4 Å². The van der Waals surface area contributed by atoms with Gasteiger partial charge in [0.25, 0.3) is 5.91 Å². The predicted molar refractivity (Wildman–Crippen MR) is 62.7 cm³/mol. The molecule has 17 heavy (non-hydrogen) atoms. The van der Waals surface area contributed by atoms with Crippen LogP contribution in [-0.4, -0.2) is 41.7 Å². The minimum absolute atomic E-state index is 0.0983. The summed E-state index contributed by atoms with van der Waals surface area (Å²) >= 11 is 3.11. The molecule has 92 valence electrons. The van der Waals surface area contributed by atoms with Gasteiger partial charge in [0, 0.05) is 13.3 Å². The Hall–Kier alpha value is -1.47. The molecule has 1 rings (SSSR count). The summed E-state index contributed by atoms with van der Waals surface area (Å²) in [6.45, 7) is -0.0983. The van der Waals surface area contributed by atoms with Crippen molar-refractivity contribution in [2.75, 3.05) is 13.7 Å². The third-order valence-electron chi connectivity index (χ3n) is 1.94. The molecule has 0 fully saturated rings. The second kappa shape index (κ2) is 6.31. The molecule has 0 radical (unpaired) electrons. The smallest absolute Gasteiger partial charge is 0.328 e. The number of aliphatic carboxylic acids is 1. The number of nitrogens with zero attached hydrogens (tertiary/aromatic N) is 1. The molecule has 0 saturated carbocycles. The zero-order chi connectivity index (χ0) is 12.8. The van der Waals surface area contributed by atoms with Gasteiger partial charge in [-0.15, -0.1) is 0 Å². The monoisotopic (exact) mass is 302 g/mol. The van der Waals surface area contributed by atoms with E-state index in [2.05, 4.69) is 26.2 Å². The zero-order valence-corrected chi connectivity index (χ0v) is 10.6. The number of aromatic nitrogens is 1. The molecule has 1 unspecified atom stereocenters. The van der Waals surface area contributed by atoms with Crippen molar-refractivity contribution in [1.82, 2.24) is 10.3 Å². The number of hydrogen-bond acceptors (Lipinski definition) is 4. The Morgan fingerprint density at radius 1 is 1.65 bits per heavy atom. The van der Waals surface area contributed by atoms with Crippen LogP contribution in [0.2, 0.25) is 0 Å². The lowest BCUT2D eigenvalue weighted by molar-refractivity contribution is -0.140. The highest BCUT2D eigenvalue weighted by Crippen LogP contribution is 2.12.